The molecule has 2 atom stereocenters. The summed E-state index contributed by atoms with van der Waals surface area (Å²) >= 11 is 0. The van der Waals surface area contributed by atoms with E-state index in [1.54, 1.807) is 13.0 Å². The molecule has 2 aromatic rings. The number of alkyl halides is 2. The number of nitrogens with one attached hydrogen (secondary N) is 1. The van der Waals surface area contributed by atoms with E-state index in [9.17, 15) is 23.6 Å². The molecular weight excluding hydrogens is 472 g/mol. The Balaban J connectivity index is 1.84. The van der Waals surface area contributed by atoms with E-state index in [-0.39, 0.29) is 35.5 Å². The van der Waals surface area contributed by atoms with Crippen LogP contribution >= 0.6 is 0 Å². The van der Waals surface area contributed by atoms with E-state index in [0.717, 1.165) is 12.8 Å². The highest BCUT2D eigenvalue weighted by Crippen LogP contribution is 2.41. The monoisotopic (exact) mass is 499 g/mol. The molecule has 0 spiro atoms. The first-order valence-corrected chi connectivity index (χ1v) is 11.6. The fourth-order valence-corrected chi connectivity index (χ4v) is 4.63. The number of anilines is 1. The Morgan fingerprint density at radius 1 is 1.36 bits per heavy atom. The van der Waals surface area contributed by atoms with E-state index < -0.39 is 18.3 Å². The van der Waals surface area contributed by atoms with Crippen molar-refractivity contribution in [3.8, 4) is 22.9 Å². The summed E-state index contributed by atoms with van der Waals surface area (Å²) in [6.45, 7) is 1.22. The third kappa shape index (κ3) is 5.48. The maximum absolute atomic E-state index is 13.4. The van der Waals surface area contributed by atoms with E-state index in [1.807, 2.05) is 17.9 Å². The predicted molar refractivity (Wildman–Crippen MR) is 127 cm³/mol. The first-order valence-electron chi connectivity index (χ1n) is 11.6. The fraction of sp³-hybridized carbons (Fsp3) is 0.440. The molecule has 2 fully saturated rings. The molecule has 2 heterocycles. The molecule has 1 aliphatic heterocycles. The summed E-state index contributed by atoms with van der Waals surface area (Å²) in [6, 6.07) is 7.89. The van der Waals surface area contributed by atoms with Crippen molar-refractivity contribution in [1.29, 1.82) is 5.26 Å². The van der Waals surface area contributed by atoms with Gasteiger partial charge in [-0.25, -0.2) is 9.78 Å². The molecule has 11 heteroatoms. The van der Waals surface area contributed by atoms with Gasteiger partial charge >= 0.3 is 12.7 Å². The van der Waals surface area contributed by atoms with Gasteiger partial charge in [0.25, 0.3) is 5.91 Å². The molecule has 4 rings (SSSR count). The van der Waals surface area contributed by atoms with Gasteiger partial charge in [-0.3, -0.25) is 4.79 Å². The van der Waals surface area contributed by atoms with Crippen molar-refractivity contribution >= 4 is 17.7 Å². The number of primary amides is 1. The Hall–Kier alpha value is -3.94. The van der Waals surface area contributed by atoms with E-state index in [1.165, 1.54) is 24.4 Å². The summed E-state index contributed by atoms with van der Waals surface area (Å²) in [5, 5.41) is 12.9. The maximum Gasteiger partial charge on any atom is 0.405 e. The Kier molecular flexibility index (Phi) is 6.97. The van der Waals surface area contributed by atoms with Crippen molar-refractivity contribution in [2.75, 3.05) is 18.0 Å². The molecule has 1 aromatic carbocycles. The van der Waals surface area contributed by atoms with Gasteiger partial charge in [-0.15, -0.1) is 0 Å². The van der Waals surface area contributed by atoms with Crippen LogP contribution in [0, 0.1) is 17.2 Å². The highest BCUT2D eigenvalue weighted by Gasteiger charge is 2.40. The van der Waals surface area contributed by atoms with Crippen LogP contribution in [0.15, 0.2) is 30.5 Å². The van der Waals surface area contributed by atoms with Gasteiger partial charge in [0.05, 0.1) is 17.8 Å². The molecule has 3 N–H and O–H groups in total. The highest BCUT2D eigenvalue weighted by atomic mass is 19.3. The minimum absolute atomic E-state index is 0.00964. The number of nitriles is 1. The number of nitrogens with two attached hydrogens (primary N) is 1. The van der Waals surface area contributed by atoms with Gasteiger partial charge < -0.3 is 25.4 Å². The Labute approximate surface area is 207 Å². The standard InChI is InChI=1S/C25H27F2N5O4/c1-14(15-6-7-15)31-22(33)18-12-30-19(11-28)20(16-4-3-5-17(10-16)35-23(26)27)21(18)32-9-8-25(2,13-32)36-24(29)34/h3-5,10,12,14-15,23H,6-9,13H2,1-2H3,(H2,29,34)(H,31,33)/t14-,25-/m0/s1. The van der Waals surface area contributed by atoms with Crippen LogP contribution in [0.4, 0.5) is 19.3 Å². The molecule has 1 aromatic heterocycles. The molecule has 0 bridgehead atoms. The normalized spacial score (nSPS) is 20.1. The van der Waals surface area contributed by atoms with Gasteiger partial charge in [-0.2, -0.15) is 14.0 Å². The first kappa shape index (κ1) is 25.2. The highest BCUT2D eigenvalue weighted by molar-refractivity contribution is 6.04. The zero-order valence-electron chi connectivity index (χ0n) is 20.0. The zero-order chi connectivity index (χ0) is 26.0. The van der Waals surface area contributed by atoms with Crippen molar-refractivity contribution in [2.45, 2.75) is 51.4 Å². The third-order valence-corrected chi connectivity index (χ3v) is 6.54. The number of aromatic nitrogens is 1. The second kappa shape index (κ2) is 9.97. The summed E-state index contributed by atoms with van der Waals surface area (Å²) in [5.74, 6) is -0.0599. The minimum Gasteiger partial charge on any atom is -0.441 e. The molecule has 0 unspecified atom stereocenters. The molecule has 2 amide bonds. The van der Waals surface area contributed by atoms with Crippen molar-refractivity contribution < 1.29 is 27.8 Å². The molecule has 1 aliphatic carbocycles. The molecule has 0 radical (unpaired) electrons. The van der Waals surface area contributed by atoms with Gasteiger partial charge in [0.15, 0.2) is 0 Å². The van der Waals surface area contributed by atoms with E-state index in [0.29, 0.717) is 35.7 Å². The van der Waals surface area contributed by atoms with Crippen LogP contribution in [-0.4, -0.2) is 48.3 Å². The summed E-state index contributed by atoms with van der Waals surface area (Å²) in [4.78, 5) is 30.9. The lowest BCUT2D eigenvalue weighted by Crippen LogP contribution is -2.39. The average molecular weight is 500 g/mol. The van der Waals surface area contributed by atoms with Crippen LogP contribution in [-0.2, 0) is 4.74 Å². The number of halogens is 2. The first-order chi connectivity index (χ1) is 17.1. The van der Waals surface area contributed by atoms with Crippen molar-refractivity contribution in [1.82, 2.24) is 10.3 Å². The number of pyridine rings is 1. The minimum atomic E-state index is -3.03. The Morgan fingerprint density at radius 2 is 2.11 bits per heavy atom. The molecule has 1 saturated carbocycles. The lowest BCUT2D eigenvalue weighted by Gasteiger charge is -2.28. The van der Waals surface area contributed by atoms with Gasteiger partial charge in [0, 0.05) is 30.8 Å². The van der Waals surface area contributed by atoms with Crippen molar-refractivity contribution in [3.63, 3.8) is 0 Å². The SMILES string of the molecule is C[C@H](NC(=O)c1cnc(C#N)c(-c2cccc(OC(F)F)c2)c1N1CC[C@](C)(OC(N)=O)C1)C1CC1. The van der Waals surface area contributed by atoms with E-state index >= 15 is 0 Å². The number of rotatable bonds is 8. The second-order valence-corrected chi connectivity index (χ2v) is 9.40. The fourth-order valence-electron chi connectivity index (χ4n) is 4.63. The molecule has 36 heavy (non-hydrogen) atoms. The maximum atomic E-state index is 13.4. The number of carbonyl (C=O) groups excluding carboxylic acids is 2. The van der Waals surface area contributed by atoms with Gasteiger partial charge in [-0.1, -0.05) is 12.1 Å². The van der Waals surface area contributed by atoms with Crippen molar-refractivity contribution in [3.05, 3.63) is 41.7 Å². The summed E-state index contributed by atoms with van der Waals surface area (Å²) in [7, 11) is 0. The lowest BCUT2D eigenvalue weighted by molar-refractivity contribution is -0.0498. The topological polar surface area (TPSA) is 131 Å². The quantitative estimate of drug-likeness (QED) is 0.565. The summed E-state index contributed by atoms with van der Waals surface area (Å²) in [5.41, 5.74) is 5.64. The number of hydrogen-bond donors (Lipinski definition) is 2. The lowest BCUT2D eigenvalue weighted by atomic mass is 9.97. The van der Waals surface area contributed by atoms with Crippen LogP contribution in [0.25, 0.3) is 11.1 Å². The van der Waals surface area contributed by atoms with Crippen LogP contribution in [0.5, 0.6) is 5.75 Å². The van der Waals surface area contributed by atoms with Crippen molar-refractivity contribution in [2.24, 2.45) is 11.7 Å². The zero-order valence-corrected chi connectivity index (χ0v) is 20.0. The molecule has 2 aliphatic rings. The number of nitrogens with zero attached hydrogens (tertiary/aromatic N) is 3. The number of benzene rings is 1. The summed E-state index contributed by atoms with van der Waals surface area (Å²) < 4.78 is 35.6. The molecule has 9 nitrogen and oxygen atoms in total. The van der Waals surface area contributed by atoms with Crippen LogP contribution in [0.2, 0.25) is 0 Å². The Morgan fingerprint density at radius 3 is 2.75 bits per heavy atom. The van der Waals surface area contributed by atoms with Gasteiger partial charge in [0.1, 0.15) is 23.1 Å². The van der Waals surface area contributed by atoms with Crippen LogP contribution < -0.4 is 20.7 Å². The van der Waals surface area contributed by atoms with Crippen LogP contribution in [0.3, 0.4) is 0 Å². The average Bonchev–Trinajstić information content (AvgIpc) is 3.60. The molecule has 1 saturated heterocycles. The molecular formula is C25H27F2N5O4. The third-order valence-electron chi connectivity index (χ3n) is 6.54. The summed E-state index contributed by atoms with van der Waals surface area (Å²) in [6.07, 6.45) is 2.93. The Bertz CT molecular complexity index is 1210. The number of ether oxygens (including phenoxy) is 2. The second-order valence-electron chi connectivity index (χ2n) is 9.40. The van der Waals surface area contributed by atoms with E-state index in [2.05, 4.69) is 15.0 Å². The molecule has 190 valence electrons. The predicted octanol–water partition coefficient (Wildman–Crippen LogP) is 3.81. The number of carbonyl (C=O) groups is 2. The number of amides is 2. The van der Waals surface area contributed by atoms with Crippen LogP contribution in [0.1, 0.15) is 49.2 Å². The van der Waals surface area contributed by atoms with E-state index in [4.69, 9.17) is 10.5 Å². The smallest absolute Gasteiger partial charge is 0.405 e. The number of hydrogen-bond acceptors (Lipinski definition) is 7. The largest absolute Gasteiger partial charge is 0.441 e. The van der Waals surface area contributed by atoms with Gasteiger partial charge in [-0.05, 0) is 50.3 Å². The van der Waals surface area contributed by atoms with Gasteiger partial charge in [0.2, 0.25) is 0 Å².